The number of methoxy groups -OCH3 is 1. The number of carbonyl (C=O) groups excluding carboxylic acids is 2. The van der Waals surface area contributed by atoms with Crippen LogP contribution in [0, 0.1) is 6.92 Å². The van der Waals surface area contributed by atoms with E-state index in [-0.39, 0.29) is 24.3 Å². The van der Waals surface area contributed by atoms with Crippen molar-refractivity contribution in [3.63, 3.8) is 0 Å². The van der Waals surface area contributed by atoms with Crippen LogP contribution in [0.4, 0.5) is 5.69 Å². The molecule has 0 radical (unpaired) electrons. The quantitative estimate of drug-likeness (QED) is 0.640. The Morgan fingerprint density at radius 3 is 2.27 bits per heavy atom. The lowest BCUT2D eigenvalue weighted by molar-refractivity contribution is -0.132. The molecule has 0 unspecified atom stereocenters. The van der Waals surface area contributed by atoms with Crippen molar-refractivity contribution in [3.8, 4) is 5.75 Å². The fourth-order valence-corrected chi connectivity index (χ4v) is 3.77. The molecule has 1 saturated heterocycles. The summed E-state index contributed by atoms with van der Waals surface area (Å²) in [6.07, 6.45) is 0.241. The Morgan fingerprint density at radius 1 is 0.967 bits per heavy atom. The number of anilines is 1. The summed E-state index contributed by atoms with van der Waals surface area (Å²) < 4.78 is 5.25. The molecule has 0 saturated carbocycles. The van der Waals surface area contributed by atoms with Crippen molar-refractivity contribution in [2.45, 2.75) is 25.4 Å². The van der Waals surface area contributed by atoms with Crippen LogP contribution in [0.1, 0.15) is 22.7 Å². The van der Waals surface area contributed by atoms with Gasteiger partial charge >= 0.3 is 0 Å². The highest BCUT2D eigenvalue weighted by Crippen LogP contribution is 2.39. The molecule has 3 aromatic rings. The van der Waals surface area contributed by atoms with Gasteiger partial charge in [0.15, 0.2) is 0 Å². The third-order valence-corrected chi connectivity index (χ3v) is 5.39. The molecule has 4 rings (SSSR count). The molecule has 152 valence electrons. The minimum absolute atomic E-state index is 0.110. The minimum atomic E-state index is -0.601. The zero-order chi connectivity index (χ0) is 21.1. The van der Waals surface area contributed by atoms with Crippen LogP contribution >= 0.6 is 0 Å². The molecule has 5 nitrogen and oxygen atoms in total. The number of β-lactam (4-membered cyclic amide) rings is 1. The van der Waals surface area contributed by atoms with Gasteiger partial charge in [0.1, 0.15) is 11.8 Å². The van der Waals surface area contributed by atoms with Gasteiger partial charge in [-0.15, -0.1) is 0 Å². The topological polar surface area (TPSA) is 58.6 Å². The van der Waals surface area contributed by atoms with Gasteiger partial charge in [-0.1, -0.05) is 60.2 Å². The van der Waals surface area contributed by atoms with Crippen molar-refractivity contribution in [1.29, 1.82) is 0 Å². The summed E-state index contributed by atoms with van der Waals surface area (Å²) in [5, 5.41) is 2.94. The fraction of sp³-hybridized carbons (Fsp3) is 0.200. The molecule has 0 bridgehead atoms. The molecule has 0 aliphatic carbocycles. The monoisotopic (exact) mass is 400 g/mol. The van der Waals surface area contributed by atoms with Crippen LogP contribution < -0.4 is 15.0 Å². The number of hydrogen-bond donors (Lipinski definition) is 1. The van der Waals surface area contributed by atoms with E-state index in [9.17, 15) is 9.59 Å². The number of aryl methyl sites for hydroxylation is 1. The second-order valence-electron chi connectivity index (χ2n) is 7.47. The van der Waals surface area contributed by atoms with E-state index in [1.54, 1.807) is 12.0 Å². The second-order valence-corrected chi connectivity index (χ2v) is 7.47. The summed E-state index contributed by atoms with van der Waals surface area (Å²) in [6, 6.07) is 24.1. The summed E-state index contributed by atoms with van der Waals surface area (Å²) in [5.41, 5.74) is 3.81. The summed E-state index contributed by atoms with van der Waals surface area (Å²) in [6.45, 7) is 2.01. The molecule has 0 spiro atoms. The molecule has 1 fully saturated rings. The maximum Gasteiger partial charge on any atom is 0.252 e. The zero-order valence-electron chi connectivity index (χ0n) is 17.0. The maximum atomic E-state index is 13.0. The Hall–Kier alpha value is -3.60. The highest BCUT2D eigenvalue weighted by molar-refractivity contribution is 6.07. The normalized spacial score (nSPS) is 17.9. The van der Waals surface area contributed by atoms with Crippen molar-refractivity contribution in [2.75, 3.05) is 12.0 Å². The van der Waals surface area contributed by atoms with Gasteiger partial charge in [0.2, 0.25) is 5.91 Å². The Labute approximate surface area is 176 Å². The number of hydrogen-bond acceptors (Lipinski definition) is 3. The minimum Gasteiger partial charge on any atom is -0.497 e. The second kappa shape index (κ2) is 8.41. The number of nitrogens with zero attached hydrogens (tertiary/aromatic N) is 1. The Kier molecular flexibility index (Phi) is 5.53. The third kappa shape index (κ3) is 3.92. The maximum absolute atomic E-state index is 13.0. The Morgan fingerprint density at radius 2 is 1.63 bits per heavy atom. The van der Waals surface area contributed by atoms with Crippen LogP contribution in [-0.2, 0) is 16.0 Å². The lowest BCUT2D eigenvalue weighted by Crippen LogP contribution is -2.66. The zero-order valence-corrected chi connectivity index (χ0v) is 17.0. The molecule has 3 aromatic carbocycles. The molecule has 1 aliphatic heterocycles. The SMILES string of the molecule is COc1ccc([C@H]2[C@@H](NC(=O)Cc3ccccc3)C(=O)N2c2ccc(C)cc2)cc1. The average Bonchev–Trinajstić information content (AvgIpc) is 2.77. The van der Waals surface area contributed by atoms with Crippen LogP contribution in [0.15, 0.2) is 78.9 Å². The van der Waals surface area contributed by atoms with E-state index in [1.165, 1.54) is 0 Å². The molecule has 5 heteroatoms. The summed E-state index contributed by atoms with van der Waals surface area (Å²) >= 11 is 0. The smallest absolute Gasteiger partial charge is 0.252 e. The standard InChI is InChI=1S/C25H24N2O3/c1-17-8-12-20(13-9-17)27-24(19-10-14-21(30-2)15-11-19)23(25(27)29)26-22(28)16-18-6-4-3-5-7-18/h3-15,23-24H,16H2,1-2H3,(H,26,28)/t23-,24+/m1/s1. The van der Waals surface area contributed by atoms with Gasteiger partial charge in [0.05, 0.1) is 19.6 Å². The van der Waals surface area contributed by atoms with E-state index in [1.807, 2.05) is 85.8 Å². The molecule has 1 heterocycles. The van der Waals surface area contributed by atoms with Gasteiger partial charge in [-0.25, -0.2) is 0 Å². The van der Waals surface area contributed by atoms with Crippen LogP contribution in [0.25, 0.3) is 0 Å². The van der Waals surface area contributed by atoms with Crippen LogP contribution in [0.2, 0.25) is 0 Å². The number of nitrogens with one attached hydrogen (secondary N) is 1. The molecular formula is C25H24N2O3. The van der Waals surface area contributed by atoms with E-state index < -0.39 is 6.04 Å². The summed E-state index contributed by atoms with van der Waals surface area (Å²) in [7, 11) is 1.62. The van der Waals surface area contributed by atoms with Gasteiger partial charge < -0.3 is 15.0 Å². The molecule has 2 atom stereocenters. The average molecular weight is 400 g/mol. The van der Waals surface area contributed by atoms with Gasteiger partial charge in [-0.05, 0) is 42.3 Å². The van der Waals surface area contributed by atoms with Gasteiger partial charge in [-0.3, -0.25) is 9.59 Å². The van der Waals surface area contributed by atoms with E-state index in [0.29, 0.717) is 0 Å². The molecule has 0 aromatic heterocycles. The third-order valence-electron chi connectivity index (χ3n) is 5.39. The molecule has 1 aliphatic rings. The van der Waals surface area contributed by atoms with E-state index >= 15 is 0 Å². The number of rotatable bonds is 6. The number of ether oxygens (including phenoxy) is 1. The van der Waals surface area contributed by atoms with E-state index in [0.717, 1.165) is 28.1 Å². The summed E-state index contributed by atoms with van der Waals surface area (Å²) in [5.74, 6) is 0.471. The molecule has 2 amide bonds. The fourth-order valence-electron chi connectivity index (χ4n) is 3.77. The first-order valence-corrected chi connectivity index (χ1v) is 9.94. The first-order valence-electron chi connectivity index (χ1n) is 9.94. The first-order chi connectivity index (χ1) is 14.6. The van der Waals surface area contributed by atoms with Gasteiger partial charge in [0.25, 0.3) is 5.91 Å². The molecule has 30 heavy (non-hydrogen) atoms. The van der Waals surface area contributed by atoms with Gasteiger partial charge in [-0.2, -0.15) is 0 Å². The lowest BCUT2D eigenvalue weighted by Gasteiger charge is -2.47. The van der Waals surface area contributed by atoms with Crippen LogP contribution in [0.3, 0.4) is 0 Å². The Balaban J connectivity index is 1.58. The largest absolute Gasteiger partial charge is 0.497 e. The number of carbonyl (C=O) groups is 2. The Bertz CT molecular complexity index is 1030. The number of amides is 2. The number of benzene rings is 3. The molecular weight excluding hydrogens is 376 g/mol. The summed E-state index contributed by atoms with van der Waals surface area (Å²) in [4.78, 5) is 27.4. The van der Waals surface area contributed by atoms with Crippen molar-refractivity contribution in [1.82, 2.24) is 5.32 Å². The highest BCUT2D eigenvalue weighted by atomic mass is 16.5. The van der Waals surface area contributed by atoms with Crippen molar-refractivity contribution in [2.24, 2.45) is 0 Å². The van der Waals surface area contributed by atoms with Crippen LogP contribution in [0.5, 0.6) is 5.75 Å². The highest BCUT2D eigenvalue weighted by Gasteiger charge is 2.49. The van der Waals surface area contributed by atoms with Gasteiger partial charge in [0, 0.05) is 5.69 Å². The lowest BCUT2D eigenvalue weighted by atomic mass is 9.87. The predicted octanol–water partition coefficient (Wildman–Crippen LogP) is 3.82. The first kappa shape index (κ1) is 19.7. The van der Waals surface area contributed by atoms with Crippen molar-refractivity contribution in [3.05, 3.63) is 95.6 Å². The van der Waals surface area contributed by atoms with Crippen molar-refractivity contribution < 1.29 is 14.3 Å². The van der Waals surface area contributed by atoms with Crippen molar-refractivity contribution >= 4 is 17.5 Å². The van der Waals surface area contributed by atoms with E-state index in [2.05, 4.69) is 5.32 Å². The van der Waals surface area contributed by atoms with E-state index in [4.69, 9.17) is 4.74 Å². The molecule has 1 N–H and O–H groups in total. The predicted molar refractivity (Wildman–Crippen MR) is 116 cm³/mol. The van der Waals surface area contributed by atoms with Crippen LogP contribution in [-0.4, -0.2) is 25.0 Å².